The van der Waals surface area contributed by atoms with E-state index in [4.69, 9.17) is 5.73 Å². The molecule has 2 heteroatoms. The highest BCUT2D eigenvalue weighted by Gasteiger charge is 2.13. The molecule has 0 heterocycles. The first-order chi connectivity index (χ1) is 20.7. The van der Waals surface area contributed by atoms with Gasteiger partial charge in [-0.05, 0) is 57.8 Å². The van der Waals surface area contributed by atoms with E-state index in [-0.39, 0.29) is 11.8 Å². The molecule has 0 saturated heterocycles. The van der Waals surface area contributed by atoms with Crippen molar-refractivity contribution in [2.45, 2.75) is 181 Å². The third kappa shape index (κ3) is 32.7. The maximum absolute atomic E-state index is 11.6. The van der Waals surface area contributed by atoms with Crippen LogP contribution in [0.15, 0.2) is 60.8 Å². The van der Waals surface area contributed by atoms with Crippen molar-refractivity contribution >= 4 is 5.91 Å². The summed E-state index contributed by atoms with van der Waals surface area (Å²) < 4.78 is 0. The van der Waals surface area contributed by atoms with E-state index in [1.165, 1.54) is 141 Å². The first-order valence-electron chi connectivity index (χ1n) is 18.3. The van der Waals surface area contributed by atoms with E-state index in [2.05, 4.69) is 74.6 Å². The van der Waals surface area contributed by atoms with Gasteiger partial charge in [0.1, 0.15) is 0 Å². The number of carbonyl (C=O) groups excluding carboxylic acids is 1. The fourth-order valence-electron chi connectivity index (χ4n) is 5.37. The van der Waals surface area contributed by atoms with Gasteiger partial charge >= 0.3 is 0 Å². The van der Waals surface area contributed by atoms with Crippen LogP contribution in [0.5, 0.6) is 0 Å². The number of rotatable bonds is 32. The van der Waals surface area contributed by atoms with Gasteiger partial charge in [-0.1, -0.05) is 184 Å². The van der Waals surface area contributed by atoms with Gasteiger partial charge in [0, 0.05) is 5.92 Å². The second kappa shape index (κ2) is 35.4. The number of primary amides is 1. The molecule has 0 radical (unpaired) electrons. The summed E-state index contributed by atoms with van der Waals surface area (Å²) in [5, 5.41) is 0. The van der Waals surface area contributed by atoms with E-state index >= 15 is 0 Å². The molecule has 0 fully saturated rings. The quantitative estimate of drug-likeness (QED) is 0.0479. The minimum atomic E-state index is -0.109. The summed E-state index contributed by atoms with van der Waals surface area (Å²) in [6.45, 7) is 4.49. The van der Waals surface area contributed by atoms with E-state index in [1.807, 2.05) is 0 Å². The number of amides is 1. The summed E-state index contributed by atoms with van der Waals surface area (Å²) in [5.41, 5.74) is 5.59. The Morgan fingerprint density at radius 1 is 0.429 bits per heavy atom. The molecular weight excluding hydrogens is 510 g/mol. The Morgan fingerprint density at radius 3 is 1.24 bits per heavy atom. The lowest BCUT2D eigenvalue weighted by atomic mass is 9.95. The van der Waals surface area contributed by atoms with Gasteiger partial charge in [0.15, 0.2) is 0 Å². The van der Waals surface area contributed by atoms with Crippen molar-refractivity contribution in [3.8, 4) is 0 Å². The molecule has 0 aromatic heterocycles. The molecule has 0 rings (SSSR count). The fourth-order valence-corrected chi connectivity index (χ4v) is 5.37. The van der Waals surface area contributed by atoms with Gasteiger partial charge in [-0.3, -0.25) is 4.79 Å². The van der Waals surface area contributed by atoms with Crippen LogP contribution in [0.3, 0.4) is 0 Å². The Labute approximate surface area is 263 Å². The summed E-state index contributed by atoms with van der Waals surface area (Å²) in [6, 6.07) is 0. The minimum Gasteiger partial charge on any atom is -0.369 e. The first kappa shape index (κ1) is 40.2. The topological polar surface area (TPSA) is 43.1 Å². The van der Waals surface area contributed by atoms with E-state index in [1.54, 1.807) is 0 Å². The van der Waals surface area contributed by atoms with Crippen LogP contribution in [0.25, 0.3) is 0 Å². The Bertz CT molecular complexity index is 698. The molecule has 0 aliphatic carbocycles. The number of unbranched alkanes of at least 4 members (excludes halogenated alkanes) is 20. The molecule has 0 aliphatic rings. The van der Waals surface area contributed by atoms with Crippen LogP contribution in [0.1, 0.15) is 181 Å². The van der Waals surface area contributed by atoms with E-state index in [0.29, 0.717) is 0 Å². The van der Waals surface area contributed by atoms with Crippen LogP contribution in [0.2, 0.25) is 0 Å². The van der Waals surface area contributed by atoms with Crippen LogP contribution in [0.4, 0.5) is 0 Å². The lowest BCUT2D eigenvalue weighted by Crippen LogP contribution is -2.23. The van der Waals surface area contributed by atoms with E-state index in [0.717, 1.165) is 25.7 Å². The highest BCUT2D eigenvalue weighted by atomic mass is 16.1. The van der Waals surface area contributed by atoms with Crippen molar-refractivity contribution < 1.29 is 4.79 Å². The molecule has 0 spiro atoms. The van der Waals surface area contributed by atoms with Crippen molar-refractivity contribution in [3.63, 3.8) is 0 Å². The van der Waals surface area contributed by atoms with Gasteiger partial charge in [-0.15, -0.1) is 0 Å². The molecule has 2 N–H and O–H groups in total. The summed E-state index contributed by atoms with van der Waals surface area (Å²) in [4.78, 5) is 11.6. The zero-order valence-corrected chi connectivity index (χ0v) is 28.2. The first-order valence-corrected chi connectivity index (χ1v) is 18.3. The maximum atomic E-state index is 11.6. The van der Waals surface area contributed by atoms with Crippen LogP contribution < -0.4 is 5.73 Å². The smallest absolute Gasteiger partial charge is 0.220 e. The second-order valence-corrected chi connectivity index (χ2v) is 12.3. The largest absolute Gasteiger partial charge is 0.369 e. The molecule has 0 saturated carbocycles. The third-order valence-electron chi connectivity index (χ3n) is 8.20. The summed E-state index contributed by atoms with van der Waals surface area (Å²) >= 11 is 0. The molecule has 42 heavy (non-hydrogen) atoms. The Kier molecular flexibility index (Phi) is 33.8. The Balaban J connectivity index is 3.42. The Hall–Kier alpha value is -1.83. The molecule has 0 aromatic carbocycles. The van der Waals surface area contributed by atoms with Crippen LogP contribution in [-0.4, -0.2) is 5.91 Å². The fraction of sp³-hybridized carbons (Fsp3) is 0.725. The third-order valence-corrected chi connectivity index (χ3v) is 8.20. The summed E-state index contributed by atoms with van der Waals surface area (Å²) in [5.74, 6) is -0.0428. The molecule has 0 aliphatic heterocycles. The number of hydrogen-bond acceptors (Lipinski definition) is 1. The van der Waals surface area contributed by atoms with Crippen molar-refractivity contribution in [1.29, 1.82) is 0 Å². The van der Waals surface area contributed by atoms with E-state index < -0.39 is 0 Å². The monoisotopic (exact) mass is 582 g/mol. The average Bonchev–Trinajstić information content (AvgIpc) is 2.99. The molecule has 1 atom stereocenters. The number of nitrogens with two attached hydrogens (primary N) is 1. The normalized spacial score (nSPS) is 13.2. The van der Waals surface area contributed by atoms with Gasteiger partial charge < -0.3 is 5.73 Å². The molecule has 1 amide bonds. The molecular formula is C40H71NO. The van der Waals surface area contributed by atoms with Crippen molar-refractivity contribution in [3.05, 3.63) is 60.8 Å². The molecule has 2 nitrogen and oxygen atoms in total. The number of allylic oxidation sites excluding steroid dienone is 10. The minimum absolute atomic E-state index is 0.0662. The van der Waals surface area contributed by atoms with Gasteiger partial charge in [0.2, 0.25) is 5.91 Å². The maximum Gasteiger partial charge on any atom is 0.220 e. The molecule has 0 bridgehead atoms. The second-order valence-electron chi connectivity index (χ2n) is 12.3. The summed E-state index contributed by atoms with van der Waals surface area (Å²) in [6.07, 6.45) is 55.3. The zero-order valence-electron chi connectivity index (χ0n) is 28.2. The van der Waals surface area contributed by atoms with Crippen LogP contribution in [-0.2, 0) is 4.79 Å². The standard InChI is InChI=1S/C40H71NO/c1-3-5-7-9-10-11-12-13-14-15-16-17-18-19-20-21-22-23-24-25-26-27-28-29-30-31-32-33-34-36-38-39(40(41)42)37-35-8-6-4-2/h12-19,33-34,39H,3-11,20-32,35-38H2,1-2H3,(H2,41,42). The number of hydrogen-bond donors (Lipinski definition) is 1. The van der Waals surface area contributed by atoms with Gasteiger partial charge in [-0.2, -0.15) is 0 Å². The van der Waals surface area contributed by atoms with Gasteiger partial charge in [0.05, 0.1) is 0 Å². The van der Waals surface area contributed by atoms with Crippen LogP contribution >= 0.6 is 0 Å². The SMILES string of the molecule is CCCCCCCC=CC=CC=CC=CCCCCCCCCCCCCCC=CCCC(CCCCCC)C(N)=O. The van der Waals surface area contributed by atoms with Crippen LogP contribution in [0, 0.1) is 5.92 Å². The van der Waals surface area contributed by atoms with Crippen molar-refractivity contribution in [2.75, 3.05) is 0 Å². The average molecular weight is 582 g/mol. The predicted molar refractivity (Wildman–Crippen MR) is 190 cm³/mol. The highest BCUT2D eigenvalue weighted by Crippen LogP contribution is 2.17. The molecule has 1 unspecified atom stereocenters. The zero-order chi connectivity index (χ0) is 30.6. The molecule has 242 valence electrons. The van der Waals surface area contributed by atoms with Crippen molar-refractivity contribution in [1.82, 2.24) is 0 Å². The molecule has 0 aromatic rings. The highest BCUT2D eigenvalue weighted by molar-refractivity contribution is 5.76. The van der Waals surface area contributed by atoms with Crippen molar-refractivity contribution in [2.24, 2.45) is 11.7 Å². The van der Waals surface area contributed by atoms with E-state index in [9.17, 15) is 4.79 Å². The summed E-state index contributed by atoms with van der Waals surface area (Å²) in [7, 11) is 0. The van der Waals surface area contributed by atoms with Gasteiger partial charge in [-0.25, -0.2) is 0 Å². The Morgan fingerprint density at radius 2 is 0.786 bits per heavy atom. The lowest BCUT2D eigenvalue weighted by Gasteiger charge is -2.11. The van der Waals surface area contributed by atoms with Gasteiger partial charge in [0.25, 0.3) is 0 Å². The number of carbonyl (C=O) groups is 1. The lowest BCUT2D eigenvalue weighted by molar-refractivity contribution is -0.122. The predicted octanol–water partition coefficient (Wildman–Crippen LogP) is 13.1.